The Kier molecular flexibility index (Phi) is 9.84. The van der Waals surface area contributed by atoms with Crippen LogP contribution in [0.3, 0.4) is 0 Å². The monoisotopic (exact) mass is 551 g/mol. The molecule has 2 aromatic rings. The Balaban J connectivity index is 2.09. The molecule has 0 aliphatic rings. The average Bonchev–Trinajstić information content (AvgIpc) is 2.77. The Morgan fingerprint density at radius 2 is 1.62 bits per heavy atom. The Hall–Kier alpha value is -2.23. The van der Waals surface area contributed by atoms with E-state index in [9.17, 15) is 18.0 Å². The lowest BCUT2D eigenvalue weighted by molar-refractivity contribution is -0.141. The van der Waals surface area contributed by atoms with Crippen LogP contribution in [0.25, 0.3) is 0 Å². The molecule has 0 aromatic heterocycles. The van der Waals surface area contributed by atoms with Gasteiger partial charge in [0.15, 0.2) is 0 Å². The second-order valence-corrected chi connectivity index (χ2v) is 12.3. The summed E-state index contributed by atoms with van der Waals surface area (Å²) in [6.07, 6.45) is 0.462. The molecule has 0 spiro atoms. The molecule has 7 nitrogen and oxygen atoms in total. The summed E-state index contributed by atoms with van der Waals surface area (Å²) < 4.78 is 27.6. The van der Waals surface area contributed by atoms with Crippen molar-refractivity contribution < 1.29 is 18.0 Å². The zero-order chi connectivity index (χ0) is 25.5. The lowest BCUT2D eigenvalue weighted by atomic mass is 10.1. The van der Waals surface area contributed by atoms with Crippen molar-refractivity contribution >= 4 is 37.8 Å². The maximum atomic E-state index is 13.2. The molecule has 2 rings (SSSR count). The van der Waals surface area contributed by atoms with Gasteiger partial charge in [-0.1, -0.05) is 46.3 Å². The Morgan fingerprint density at radius 1 is 1.03 bits per heavy atom. The quantitative estimate of drug-likeness (QED) is 0.479. The standard InChI is InChI=1S/C25H34BrN3O4S/c1-19(24(31)27-25(2,3)4)29(18-20-13-15-21(26)16-14-20)23(30)12-9-17-28(5)34(32,33)22-10-7-6-8-11-22/h6-8,10-11,13-16,19H,9,12,17-18H2,1-5H3,(H,27,31). The van der Waals surface area contributed by atoms with Gasteiger partial charge >= 0.3 is 0 Å². The Labute approximate surface area is 211 Å². The van der Waals surface area contributed by atoms with Crippen LogP contribution in [0.1, 0.15) is 46.1 Å². The third kappa shape index (κ3) is 8.21. The number of amides is 2. The van der Waals surface area contributed by atoms with Crippen molar-refractivity contribution in [1.82, 2.24) is 14.5 Å². The SMILES string of the molecule is CC(C(=O)NC(C)(C)C)N(Cc1ccc(Br)cc1)C(=O)CCCN(C)S(=O)(=O)c1ccccc1. The third-order valence-electron chi connectivity index (χ3n) is 5.25. The zero-order valence-electron chi connectivity index (χ0n) is 20.4. The zero-order valence-corrected chi connectivity index (χ0v) is 22.8. The molecule has 0 bridgehead atoms. The molecule has 1 atom stereocenters. The third-order valence-corrected chi connectivity index (χ3v) is 7.65. The number of hydrogen-bond acceptors (Lipinski definition) is 4. The van der Waals surface area contributed by atoms with E-state index in [1.54, 1.807) is 42.2 Å². The van der Waals surface area contributed by atoms with Gasteiger partial charge in [0, 0.05) is 36.6 Å². The molecule has 0 saturated carbocycles. The van der Waals surface area contributed by atoms with Crippen LogP contribution in [0.4, 0.5) is 0 Å². The largest absolute Gasteiger partial charge is 0.350 e. The van der Waals surface area contributed by atoms with Gasteiger partial charge in [-0.05, 0) is 63.9 Å². The number of nitrogens with zero attached hydrogens (tertiary/aromatic N) is 2. The van der Waals surface area contributed by atoms with Gasteiger partial charge in [0.05, 0.1) is 4.90 Å². The molecular weight excluding hydrogens is 518 g/mol. The van der Waals surface area contributed by atoms with Crippen LogP contribution < -0.4 is 5.32 Å². The highest BCUT2D eigenvalue weighted by Crippen LogP contribution is 2.17. The van der Waals surface area contributed by atoms with Crippen LogP contribution in [0, 0.1) is 0 Å². The fourth-order valence-electron chi connectivity index (χ4n) is 3.33. The normalized spacial score (nSPS) is 12.9. The maximum Gasteiger partial charge on any atom is 0.242 e. The van der Waals surface area contributed by atoms with Gasteiger partial charge in [0.25, 0.3) is 0 Å². The van der Waals surface area contributed by atoms with E-state index in [4.69, 9.17) is 0 Å². The summed E-state index contributed by atoms with van der Waals surface area (Å²) in [6, 6.07) is 15.1. The summed E-state index contributed by atoms with van der Waals surface area (Å²) in [4.78, 5) is 27.8. The second-order valence-electron chi connectivity index (χ2n) is 9.31. The van der Waals surface area contributed by atoms with Crippen molar-refractivity contribution in [3.05, 3.63) is 64.6 Å². The van der Waals surface area contributed by atoms with Crippen LogP contribution in [-0.2, 0) is 26.2 Å². The first-order valence-corrected chi connectivity index (χ1v) is 13.4. The van der Waals surface area contributed by atoms with Crippen molar-refractivity contribution in [3.63, 3.8) is 0 Å². The van der Waals surface area contributed by atoms with E-state index in [-0.39, 0.29) is 36.2 Å². The molecule has 0 heterocycles. The Bertz CT molecular complexity index is 1070. The molecule has 1 N–H and O–H groups in total. The first kappa shape index (κ1) is 28.0. The number of nitrogens with one attached hydrogen (secondary N) is 1. The molecule has 0 saturated heterocycles. The molecule has 0 radical (unpaired) electrons. The fraction of sp³-hybridized carbons (Fsp3) is 0.440. The average molecular weight is 553 g/mol. The van der Waals surface area contributed by atoms with E-state index in [1.165, 1.54) is 11.4 Å². The van der Waals surface area contributed by atoms with E-state index in [1.807, 2.05) is 45.0 Å². The van der Waals surface area contributed by atoms with Gasteiger partial charge in [0.1, 0.15) is 6.04 Å². The van der Waals surface area contributed by atoms with Gasteiger partial charge in [-0.3, -0.25) is 9.59 Å². The molecule has 34 heavy (non-hydrogen) atoms. The molecule has 0 fully saturated rings. The van der Waals surface area contributed by atoms with Gasteiger partial charge in [-0.2, -0.15) is 0 Å². The van der Waals surface area contributed by atoms with Gasteiger partial charge in [0.2, 0.25) is 21.8 Å². The fourth-order valence-corrected chi connectivity index (χ4v) is 4.83. The lowest BCUT2D eigenvalue weighted by Gasteiger charge is -2.31. The molecule has 186 valence electrons. The summed E-state index contributed by atoms with van der Waals surface area (Å²) >= 11 is 3.41. The summed E-state index contributed by atoms with van der Waals surface area (Å²) in [6.45, 7) is 7.86. The summed E-state index contributed by atoms with van der Waals surface area (Å²) in [5, 5.41) is 2.93. The van der Waals surface area contributed by atoms with Crippen LogP contribution >= 0.6 is 15.9 Å². The van der Waals surface area contributed by atoms with E-state index < -0.39 is 21.6 Å². The van der Waals surface area contributed by atoms with E-state index in [0.29, 0.717) is 6.42 Å². The minimum Gasteiger partial charge on any atom is -0.350 e. The molecule has 2 amide bonds. The number of halogens is 1. The van der Waals surface area contributed by atoms with Crippen LogP contribution in [0.5, 0.6) is 0 Å². The molecule has 0 aliphatic heterocycles. The summed E-state index contributed by atoms with van der Waals surface area (Å²) in [5.41, 5.74) is 0.474. The minimum absolute atomic E-state index is 0.123. The number of sulfonamides is 1. The van der Waals surface area contributed by atoms with Crippen molar-refractivity contribution in [2.24, 2.45) is 0 Å². The highest BCUT2D eigenvalue weighted by atomic mass is 79.9. The minimum atomic E-state index is -3.62. The van der Waals surface area contributed by atoms with E-state index >= 15 is 0 Å². The second kappa shape index (κ2) is 12.0. The number of carbonyl (C=O) groups excluding carboxylic acids is 2. The van der Waals surface area contributed by atoms with E-state index in [2.05, 4.69) is 21.2 Å². The van der Waals surface area contributed by atoms with Gasteiger partial charge in [-0.25, -0.2) is 12.7 Å². The smallest absolute Gasteiger partial charge is 0.242 e. The number of benzene rings is 2. The molecule has 0 aliphatic carbocycles. The number of carbonyl (C=O) groups is 2. The summed E-state index contributed by atoms with van der Waals surface area (Å²) in [7, 11) is -2.11. The highest BCUT2D eigenvalue weighted by Gasteiger charge is 2.28. The lowest BCUT2D eigenvalue weighted by Crippen LogP contribution is -2.52. The predicted octanol–water partition coefficient (Wildman–Crippen LogP) is 4.18. The number of hydrogen-bond donors (Lipinski definition) is 1. The first-order valence-electron chi connectivity index (χ1n) is 11.2. The topological polar surface area (TPSA) is 86.8 Å². The maximum absolute atomic E-state index is 13.2. The van der Waals surface area contributed by atoms with Crippen molar-refractivity contribution in [2.45, 2.75) is 63.6 Å². The molecular formula is C25H34BrN3O4S. The van der Waals surface area contributed by atoms with Crippen LogP contribution in [0.15, 0.2) is 64.0 Å². The summed E-state index contributed by atoms with van der Waals surface area (Å²) in [5.74, 6) is -0.438. The van der Waals surface area contributed by atoms with Crippen LogP contribution in [0.2, 0.25) is 0 Å². The van der Waals surface area contributed by atoms with Crippen LogP contribution in [-0.4, -0.2) is 54.6 Å². The molecule has 2 aromatic carbocycles. The number of rotatable bonds is 10. The molecule has 1 unspecified atom stereocenters. The molecule has 9 heteroatoms. The predicted molar refractivity (Wildman–Crippen MR) is 138 cm³/mol. The highest BCUT2D eigenvalue weighted by molar-refractivity contribution is 9.10. The van der Waals surface area contributed by atoms with Crippen molar-refractivity contribution in [1.29, 1.82) is 0 Å². The van der Waals surface area contributed by atoms with Crippen molar-refractivity contribution in [2.75, 3.05) is 13.6 Å². The van der Waals surface area contributed by atoms with Gasteiger partial charge in [-0.15, -0.1) is 0 Å². The van der Waals surface area contributed by atoms with E-state index in [0.717, 1.165) is 10.0 Å². The Morgan fingerprint density at radius 3 is 2.18 bits per heavy atom. The van der Waals surface area contributed by atoms with Gasteiger partial charge < -0.3 is 10.2 Å². The van der Waals surface area contributed by atoms with Crippen molar-refractivity contribution in [3.8, 4) is 0 Å². The first-order chi connectivity index (χ1) is 15.8.